The van der Waals surface area contributed by atoms with Crippen LogP contribution in [0.5, 0.6) is 0 Å². The molecule has 2 aliphatic heterocycles. The average molecular weight is 297 g/mol. The molecule has 20 heavy (non-hydrogen) atoms. The number of carbonyl (C=O) groups excluding carboxylic acids is 1. The van der Waals surface area contributed by atoms with E-state index in [2.05, 4.69) is 23.0 Å². The highest BCUT2D eigenvalue weighted by molar-refractivity contribution is 5.85. The van der Waals surface area contributed by atoms with Crippen molar-refractivity contribution in [1.82, 2.24) is 15.8 Å². The lowest BCUT2D eigenvalue weighted by molar-refractivity contribution is -0.132. The van der Waals surface area contributed by atoms with Crippen LogP contribution >= 0.6 is 12.4 Å². The second kappa shape index (κ2) is 6.54. The van der Waals surface area contributed by atoms with Gasteiger partial charge in [0.2, 0.25) is 5.91 Å². The van der Waals surface area contributed by atoms with E-state index >= 15 is 0 Å². The maximum absolute atomic E-state index is 12.3. The number of hydrogen-bond donors (Lipinski definition) is 3. The Labute approximate surface area is 125 Å². The third-order valence-electron chi connectivity index (χ3n) is 3.94. The minimum absolute atomic E-state index is 0. The molecule has 1 aromatic carbocycles. The SMILES string of the molecule is Cl.N[C@@H]1CCN(C(=O)C2CC(c3ccccc3)NN2)C1. The van der Waals surface area contributed by atoms with E-state index in [1.165, 1.54) is 5.56 Å². The first-order valence-electron chi connectivity index (χ1n) is 6.84. The van der Waals surface area contributed by atoms with Crippen LogP contribution in [0.3, 0.4) is 0 Å². The highest BCUT2D eigenvalue weighted by atomic mass is 35.5. The van der Waals surface area contributed by atoms with Gasteiger partial charge in [0.05, 0.1) is 0 Å². The van der Waals surface area contributed by atoms with Crippen LogP contribution in [0.1, 0.15) is 24.4 Å². The number of nitrogens with zero attached hydrogens (tertiary/aromatic N) is 1. The molecule has 4 N–H and O–H groups in total. The van der Waals surface area contributed by atoms with Crippen molar-refractivity contribution in [3.8, 4) is 0 Å². The summed E-state index contributed by atoms with van der Waals surface area (Å²) in [4.78, 5) is 14.2. The third kappa shape index (κ3) is 3.12. The fraction of sp³-hybridized carbons (Fsp3) is 0.500. The predicted octanol–water partition coefficient (Wildman–Crippen LogP) is 0.576. The van der Waals surface area contributed by atoms with Gasteiger partial charge in [-0.2, -0.15) is 0 Å². The van der Waals surface area contributed by atoms with Crippen molar-refractivity contribution < 1.29 is 4.79 Å². The van der Waals surface area contributed by atoms with Gasteiger partial charge in [0.15, 0.2) is 0 Å². The summed E-state index contributed by atoms with van der Waals surface area (Å²) in [5, 5.41) is 0. The van der Waals surface area contributed by atoms with E-state index in [1.807, 2.05) is 23.1 Å². The van der Waals surface area contributed by atoms with Gasteiger partial charge < -0.3 is 10.6 Å². The molecule has 0 radical (unpaired) electrons. The zero-order valence-corrected chi connectivity index (χ0v) is 12.1. The van der Waals surface area contributed by atoms with Gasteiger partial charge >= 0.3 is 0 Å². The van der Waals surface area contributed by atoms with Gasteiger partial charge in [-0.3, -0.25) is 4.79 Å². The van der Waals surface area contributed by atoms with E-state index in [0.29, 0.717) is 6.54 Å². The Morgan fingerprint density at radius 2 is 2.00 bits per heavy atom. The minimum Gasteiger partial charge on any atom is -0.340 e. The van der Waals surface area contributed by atoms with Gasteiger partial charge in [-0.1, -0.05) is 30.3 Å². The second-order valence-electron chi connectivity index (χ2n) is 5.37. The molecule has 3 rings (SSSR count). The van der Waals surface area contributed by atoms with Gasteiger partial charge in [-0.15, -0.1) is 12.4 Å². The minimum atomic E-state index is -0.143. The fourth-order valence-corrected chi connectivity index (χ4v) is 2.83. The maximum Gasteiger partial charge on any atom is 0.241 e. The van der Waals surface area contributed by atoms with Crippen molar-refractivity contribution in [2.75, 3.05) is 13.1 Å². The topological polar surface area (TPSA) is 70.4 Å². The lowest BCUT2D eigenvalue weighted by Crippen LogP contribution is -2.45. The summed E-state index contributed by atoms with van der Waals surface area (Å²) >= 11 is 0. The van der Waals surface area contributed by atoms with Crippen LogP contribution < -0.4 is 16.6 Å². The van der Waals surface area contributed by atoms with Crippen molar-refractivity contribution in [1.29, 1.82) is 0 Å². The zero-order valence-electron chi connectivity index (χ0n) is 11.3. The van der Waals surface area contributed by atoms with E-state index < -0.39 is 0 Å². The van der Waals surface area contributed by atoms with Crippen molar-refractivity contribution in [3.63, 3.8) is 0 Å². The van der Waals surface area contributed by atoms with E-state index in [4.69, 9.17) is 5.73 Å². The molecule has 2 heterocycles. The first-order valence-corrected chi connectivity index (χ1v) is 6.84. The maximum atomic E-state index is 12.3. The quantitative estimate of drug-likeness (QED) is 0.746. The lowest BCUT2D eigenvalue weighted by atomic mass is 10.0. The number of hydrogen-bond acceptors (Lipinski definition) is 4. The van der Waals surface area contributed by atoms with Gasteiger partial charge in [0, 0.05) is 25.2 Å². The third-order valence-corrected chi connectivity index (χ3v) is 3.94. The highest BCUT2D eigenvalue weighted by Crippen LogP contribution is 2.23. The molecule has 3 atom stereocenters. The Kier molecular flexibility index (Phi) is 4.99. The van der Waals surface area contributed by atoms with Crippen molar-refractivity contribution in [2.45, 2.75) is 31.0 Å². The van der Waals surface area contributed by atoms with Crippen LogP contribution in [-0.4, -0.2) is 36.0 Å². The first kappa shape index (κ1) is 15.3. The van der Waals surface area contributed by atoms with Crippen molar-refractivity contribution in [2.24, 2.45) is 5.73 Å². The Hall–Kier alpha value is -1.14. The second-order valence-corrected chi connectivity index (χ2v) is 5.37. The number of hydrazine groups is 1. The standard InChI is InChI=1S/C14H20N4O.ClH/c15-11-6-7-18(9-11)14(19)13-8-12(16-17-13)10-4-2-1-3-5-10;/h1-5,11-13,16-17H,6-9,15H2;1H/t11-,12?,13?;/m1./s1. The van der Waals surface area contributed by atoms with Crippen LogP contribution in [0.2, 0.25) is 0 Å². The van der Waals surface area contributed by atoms with Gasteiger partial charge in [0.1, 0.15) is 6.04 Å². The number of rotatable bonds is 2. The Morgan fingerprint density at radius 3 is 2.65 bits per heavy atom. The van der Waals surface area contributed by atoms with Crippen molar-refractivity contribution in [3.05, 3.63) is 35.9 Å². The molecule has 2 unspecified atom stereocenters. The smallest absolute Gasteiger partial charge is 0.241 e. The molecule has 5 nitrogen and oxygen atoms in total. The monoisotopic (exact) mass is 296 g/mol. The van der Waals surface area contributed by atoms with Crippen LogP contribution in [0, 0.1) is 0 Å². The summed E-state index contributed by atoms with van der Waals surface area (Å²) in [6.45, 7) is 1.47. The Morgan fingerprint density at radius 1 is 1.25 bits per heavy atom. The number of carbonyl (C=O) groups is 1. The predicted molar refractivity (Wildman–Crippen MR) is 80.3 cm³/mol. The largest absolute Gasteiger partial charge is 0.340 e. The van der Waals surface area contributed by atoms with Gasteiger partial charge in [-0.05, 0) is 18.4 Å². The van der Waals surface area contributed by atoms with Gasteiger partial charge in [0.25, 0.3) is 0 Å². The van der Waals surface area contributed by atoms with E-state index in [9.17, 15) is 4.79 Å². The van der Waals surface area contributed by atoms with E-state index in [0.717, 1.165) is 19.4 Å². The molecule has 1 aromatic rings. The molecule has 2 aliphatic rings. The molecule has 0 spiro atoms. The Bertz CT molecular complexity index is 456. The number of nitrogens with one attached hydrogen (secondary N) is 2. The number of halogens is 1. The number of nitrogens with two attached hydrogens (primary N) is 1. The molecule has 0 aromatic heterocycles. The summed E-state index contributed by atoms with van der Waals surface area (Å²) in [7, 11) is 0. The molecule has 1 amide bonds. The first-order chi connectivity index (χ1) is 9.24. The summed E-state index contributed by atoms with van der Waals surface area (Å²) in [5.74, 6) is 0.166. The summed E-state index contributed by atoms with van der Waals surface area (Å²) in [5.41, 5.74) is 13.4. The molecular formula is C14H21ClN4O. The zero-order chi connectivity index (χ0) is 13.2. The molecule has 6 heteroatoms. The fourth-order valence-electron chi connectivity index (χ4n) is 2.83. The van der Waals surface area contributed by atoms with Crippen LogP contribution in [-0.2, 0) is 4.79 Å². The van der Waals surface area contributed by atoms with Crippen LogP contribution in [0.4, 0.5) is 0 Å². The number of likely N-dealkylation sites (tertiary alicyclic amines) is 1. The number of amides is 1. The molecule has 0 aliphatic carbocycles. The van der Waals surface area contributed by atoms with Crippen molar-refractivity contribution >= 4 is 18.3 Å². The molecule has 0 saturated carbocycles. The summed E-state index contributed by atoms with van der Waals surface area (Å²) in [6.07, 6.45) is 1.70. The highest BCUT2D eigenvalue weighted by Gasteiger charge is 2.34. The molecular weight excluding hydrogens is 276 g/mol. The van der Waals surface area contributed by atoms with Crippen LogP contribution in [0.25, 0.3) is 0 Å². The van der Waals surface area contributed by atoms with Gasteiger partial charge in [-0.25, -0.2) is 10.9 Å². The average Bonchev–Trinajstić information content (AvgIpc) is 3.08. The molecule has 2 saturated heterocycles. The molecule has 0 bridgehead atoms. The molecule has 2 fully saturated rings. The van der Waals surface area contributed by atoms with E-state index in [1.54, 1.807) is 0 Å². The van der Waals surface area contributed by atoms with Crippen LogP contribution in [0.15, 0.2) is 30.3 Å². The summed E-state index contributed by atoms with van der Waals surface area (Å²) < 4.78 is 0. The van der Waals surface area contributed by atoms with E-state index in [-0.39, 0.29) is 36.4 Å². The normalized spacial score (nSPS) is 29.2. The Balaban J connectivity index is 0.00000147. The number of benzene rings is 1. The lowest BCUT2D eigenvalue weighted by Gasteiger charge is -2.19. The molecule has 110 valence electrons. The summed E-state index contributed by atoms with van der Waals surface area (Å²) in [6, 6.07) is 10.4.